The van der Waals surface area contributed by atoms with E-state index in [1.54, 1.807) is 7.11 Å². The van der Waals surface area contributed by atoms with Crippen molar-refractivity contribution >= 4 is 0 Å². The Hall–Kier alpha value is -3.24. The van der Waals surface area contributed by atoms with Gasteiger partial charge >= 0.3 is 0 Å². The lowest BCUT2D eigenvalue weighted by Gasteiger charge is -2.12. The second-order valence-electron chi connectivity index (χ2n) is 6.91. The number of aromatic nitrogens is 2. The monoisotopic (exact) mass is 370 g/mol. The van der Waals surface area contributed by atoms with Crippen LogP contribution in [0.25, 0.3) is 34.0 Å². The van der Waals surface area contributed by atoms with E-state index >= 15 is 0 Å². The summed E-state index contributed by atoms with van der Waals surface area (Å²) in [5.74, 6) is 1.09. The molecule has 0 unspecified atom stereocenters. The number of hydrogen-bond donors (Lipinski definition) is 0. The van der Waals surface area contributed by atoms with E-state index in [0.29, 0.717) is 18.3 Å². The first-order chi connectivity index (χ1) is 13.7. The highest BCUT2D eigenvalue weighted by molar-refractivity contribution is 5.74. The number of rotatable bonds is 5. The molecule has 28 heavy (non-hydrogen) atoms. The zero-order valence-electron chi connectivity index (χ0n) is 16.3. The van der Waals surface area contributed by atoms with Crippen LogP contribution in [0.5, 0.6) is 0 Å². The van der Waals surface area contributed by atoms with Gasteiger partial charge in [-0.3, -0.25) is 0 Å². The first-order valence-corrected chi connectivity index (χ1v) is 9.24. The molecule has 4 heteroatoms. The summed E-state index contributed by atoms with van der Waals surface area (Å²) in [7, 11) is 1.70. The maximum atomic E-state index is 5.54. The van der Waals surface area contributed by atoms with Crippen molar-refractivity contribution in [2.75, 3.05) is 7.11 Å². The molecule has 0 atom stereocenters. The Bertz CT molecular complexity index is 1100. The average Bonchev–Trinajstić information content (AvgIpc) is 3.20. The van der Waals surface area contributed by atoms with Crippen molar-refractivity contribution in [3.8, 4) is 34.0 Å². The molecule has 4 rings (SSSR count). The summed E-state index contributed by atoms with van der Waals surface area (Å²) in [6.07, 6.45) is 0. The number of benzene rings is 3. The van der Waals surface area contributed by atoms with E-state index in [0.717, 1.165) is 22.3 Å². The predicted octanol–water partition coefficient (Wildman–Crippen LogP) is 5.83. The molecule has 0 saturated heterocycles. The topological polar surface area (TPSA) is 48.2 Å². The summed E-state index contributed by atoms with van der Waals surface area (Å²) in [5.41, 5.74) is 7.69. The van der Waals surface area contributed by atoms with Crippen LogP contribution in [0.1, 0.15) is 16.7 Å². The fourth-order valence-corrected chi connectivity index (χ4v) is 3.30. The molecule has 0 amide bonds. The fraction of sp³-hybridized carbons (Fsp3) is 0.167. The summed E-state index contributed by atoms with van der Waals surface area (Å²) >= 11 is 0. The van der Waals surface area contributed by atoms with Crippen LogP contribution in [0.3, 0.4) is 0 Å². The van der Waals surface area contributed by atoms with Gasteiger partial charge in [0.1, 0.15) is 0 Å². The van der Waals surface area contributed by atoms with Crippen LogP contribution in [0.15, 0.2) is 71.3 Å². The molecule has 1 heterocycles. The van der Waals surface area contributed by atoms with Crippen LogP contribution in [0.4, 0.5) is 0 Å². The number of nitrogens with zero attached hydrogens (tertiary/aromatic N) is 2. The van der Waals surface area contributed by atoms with E-state index in [9.17, 15) is 0 Å². The Morgan fingerprint density at radius 3 is 2.36 bits per heavy atom. The molecule has 0 spiro atoms. The molecule has 1 aromatic heterocycles. The normalized spacial score (nSPS) is 11.0. The van der Waals surface area contributed by atoms with E-state index in [-0.39, 0.29) is 0 Å². The lowest BCUT2D eigenvalue weighted by atomic mass is 9.94. The maximum Gasteiger partial charge on any atom is 0.258 e. The number of hydrogen-bond acceptors (Lipinski definition) is 4. The summed E-state index contributed by atoms with van der Waals surface area (Å²) in [6, 6.07) is 22.6. The average molecular weight is 370 g/mol. The molecule has 0 bridgehead atoms. The zero-order chi connectivity index (χ0) is 19.5. The third-order valence-corrected chi connectivity index (χ3v) is 4.82. The van der Waals surface area contributed by atoms with Gasteiger partial charge in [-0.05, 0) is 48.2 Å². The van der Waals surface area contributed by atoms with Gasteiger partial charge in [-0.1, -0.05) is 65.3 Å². The van der Waals surface area contributed by atoms with Crippen LogP contribution < -0.4 is 0 Å². The highest BCUT2D eigenvalue weighted by atomic mass is 16.5. The van der Waals surface area contributed by atoms with Gasteiger partial charge in [0.15, 0.2) is 0 Å². The molecule has 3 aromatic carbocycles. The standard InChI is InChI=1S/C24H22N2O2/c1-16-8-10-18(11-9-16)23-25-24(28-26-23)19-12-13-22(20(14-19)15-27-3)21-7-5-4-6-17(21)2/h4-14H,15H2,1-3H3. The zero-order valence-corrected chi connectivity index (χ0v) is 16.3. The highest BCUT2D eigenvalue weighted by Gasteiger charge is 2.14. The van der Waals surface area contributed by atoms with Crippen molar-refractivity contribution in [3.63, 3.8) is 0 Å². The molecular weight excluding hydrogens is 348 g/mol. The molecule has 0 aliphatic carbocycles. The second kappa shape index (κ2) is 7.79. The summed E-state index contributed by atoms with van der Waals surface area (Å²) in [6.45, 7) is 4.68. The van der Waals surface area contributed by atoms with Crippen molar-refractivity contribution in [2.24, 2.45) is 0 Å². The van der Waals surface area contributed by atoms with Gasteiger partial charge in [0, 0.05) is 18.2 Å². The largest absolute Gasteiger partial charge is 0.380 e. The number of aryl methyl sites for hydroxylation is 2. The van der Waals surface area contributed by atoms with E-state index in [1.807, 2.05) is 36.4 Å². The maximum absolute atomic E-state index is 5.54. The molecule has 0 N–H and O–H groups in total. The molecule has 0 radical (unpaired) electrons. The molecule has 4 aromatic rings. The Morgan fingerprint density at radius 2 is 1.61 bits per heavy atom. The Balaban J connectivity index is 1.72. The number of ether oxygens (including phenoxy) is 1. The highest BCUT2D eigenvalue weighted by Crippen LogP contribution is 2.31. The minimum Gasteiger partial charge on any atom is -0.380 e. The third kappa shape index (κ3) is 3.59. The molecule has 0 saturated carbocycles. The van der Waals surface area contributed by atoms with Crippen molar-refractivity contribution < 1.29 is 9.26 Å². The summed E-state index contributed by atoms with van der Waals surface area (Å²) in [4.78, 5) is 4.58. The van der Waals surface area contributed by atoms with E-state index in [1.165, 1.54) is 16.7 Å². The first kappa shape index (κ1) is 18.1. The summed E-state index contributed by atoms with van der Waals surface area (Å²) in [5, 5.41) is 4.15. The molecular formula is C24H22N2O2. The SMILES string of the molecule is COCc1cc(-c2nc(-c3ccc(C)cc3)no2)ccc1-c1ccccc1C. The van der Waals surface area contributed by atoms with Crippen LogP contribution in [0, 0.1) is 13.8 Å². The second-order valence-corrected chi connectivity index (χ2v) is 6.91. The Kier molecular flexibility index (Phi) is 5.04. The van der Waals surface area contributed by atoms with Gasteiger partial charge in [0.25, 0.3) is 5.89 Å². The molecule has 4 nitrogen and oxygen atoms in total. The van der Waals surface area contributed by atoms with E-state index < -0.39 is 0 Å². The molecule has 140 valence electrons. The van der Waals surface area contributed by atoms with Crippen LogP contribution in [-0.4, -0.2) is 17.3 Å². The van der Waals surface area contributed by atoms with Gasteiger partial charge in [0.2, 0.25) is 5.82 Å². The van der Waals surface area contributed by atoms with Gasteiger partial charge in [-0.15, -0.1) is 0 Å². The van der Waals surface area contributed by atoms with Crippen molar-refractivity contribution in [1.29, 1.82) is 0 Å². The molecule has 0 fully saturated rings. The minimum atomic E-state index is 0.504. The van der Waals surface area contributed by atoms with Gasteiger partial charge in [-0.2, -0.15) is 4.98 Å². The fourth-order valence-electron chi connectivity index (χ4n) is 3.30. The lowest BCUT2D eigenvalue weighted by molar-refractivity contribution is 0.185. The van der Waals surface area contributed by atoms with Gasteiger partial charge in [-0.25, -0.2) is 0 Å². The Morgan fingerprint density at radius 1 is 0.857 bits per heavy atom. The van der Waals surface area contributed by atoms with E-state index in [4.69, 9.17) is 9.26 Å². The summed E-state index contributed by atoms with van der Waals surface area (Å²) < 4.78 is 11.0. The predicted molar refractivity (Wildman–Crippen MR) is 111 cm³/mol. The van der Waals surface area contributed by atoms with Crippen molar-refractivity contribution in [1.82, 2.24) is 10.1 Å². The lowest BCUT2D eigenvalue weighted by Crippen LogP contribution is -1.95. The smallest absolute Gasteiger partial charge is 0.258 e. The quantitative estimate of drug-likeness (QED) is 0.443. The van der Waals surface area contributed by atoms with Gasteiger partial charge < -0.3 is 9.26 Å². The van der Waals surface area contributed by atoms with Crippen LogP contribution >= 0.6 is 0 Å². The number of methoxy groups -OCH3 is 1. The third-order valence-electron chi connectivity index (χ3n) is 4.82. The molecule has 0 aliphatic heterocycles. The van der Waals surface area contributed by atoms with Crippen LogP contribution in [0.2, 0.25) is 0 Å². The molecule has 0 aliphatic rings. The van der Waals surface area contributed by atoms with Crippen LogP contribution in [-0.2, 0) is 11.3 Å². The minimum absolute atomic E-state index is 0.504. The van der Waals surface area contributed by atoms with E-state index in [2.05, 4.69) is 54.3 Å². The van der Waals surface area contributed by atoms with Crippen molar-refractivity contribution in [2.45, 2.75) is 20.5 Å². The first-order valence-electron chi connectivity index (χ1n) is 9.24. The Labute approximate surface area is 164 Å². The van der Waals surface area contributed by atoms with Gasteiger partial charge in [0.05, 0.1) is 6.61 Å². The van der Waals surface area contributed by atoms with Crippen molar-refractivity contribution in [3.05, 3.63) is 83.4 Å².